The minimum Gasteiger partial charge on any atom is -0.475 e. The minimum atomic E-state index is -5.08. The van der Waals surface area contributed by atoms with E-state index in [9.17, 15) is 56.2 Å². The van der Waals surface area contributed by atoms with Gasteiger partial charge in [-0.05, 0) is 80.2 Å². The van der Waals surface area contributed by atoms with E-state index in [1.165, 1.54) is 12.2 Å². The number of ketones is 3. The van der Waals surface area contributed by atoms with Gasteiger partial charge in [0.2, 0.25) is 11.8 Å². The van der Waals surface area contributed by atoms with E-state index in [1.807, 2.05) is 69.5 Å². The Balaban J connectivity index is 0.00000330. The van der Waals surface area contributed by atoms with Gasteiger partial charge in [0.25, 0.3) is 11.8 Å². The van der Waals surface area contributed by atoms with Crippen molar-refractivity contribution in [1.82, 2.24) is 24.7 Å². The molecule has 0 saturated carbocycles. The molecule has 2 aromatic carbocycles. The lowest BCUT2D eigenvalue weighted by molar-refractivity contribution is -0.192. The summed E-state index contributed by atoms with van der Waals surface area (Å²) in [5.74, 6) is -6.62. The maximum atomic E-state index is 15.2. The smallest absolute Gasteiger partial charge is 0.475 e. The third-order valence-corrected chi connectivity index (χ3v) is 15.0. The van der Waals surface area contributed by atoms with Crippen LogP contribution in [0.1, 0.15) is 123 Å². The van der Waals surface area contributed by atoms with E-state index in [1.54, 1.807) is 11.1 Å². The Morgan fingerprint density at radius 1 is 0.660 bits per heavy atom. The van der Waals surface area contributed by atoms with Crippen LogP contribution in [0, 0.1) is 28.9 Å². The summed E-state index contributed by atoms with van der Waals surface area (Å²) >= 11 is 0. The largest absolute Gasteiger partial charge is 0.490 e. The number of benzene rings is 2. The lowest BCUT2D eigenvalue weighted by Crippen LogP contribution is -2.45. The van der Waals surface area contributed by atoms with Crippen molar-refractivity contribution in [1.29, 1.82) is 0 Å². The number of aliphatic carboxylic acids is 1. The van der Waals surface area contributed by atoms with Crippen LogP contribution >= 0.6 is 0 Å². The Bertz CT molecular complexity index is 2860. The van der Waals surface area contributed by atoms with Gasteiger partial charge in [0.15, 0.2) is 5.78 Å². The third-order valence-electron chi connectivity index (χ3n) is 15.0. The molecule has 4 amide bonds. The van der Waals surface area contributed by atoms with Gasteiger partial charge in [0.1, 0.15) is 35.6 Å². The number of carbonyl (C=O) groups excluding carboxylic acids is 7. The van der Waals surface area contributed by atoms with Crippen LogP contribution in [0.25, 0.3) is 11.3 Å². The van der Waals surface area contributed by atoms with Crippen LogP contribution < -0.4 is 11.1 Å². The van der Waals surface area contributed by atoms with Crippen molar-refractivity contribution in [2.24, 2.45) is 23.0 Å². The number of hydrogen-bond acceptors (Lipinski definition) is 19. The van der Waals surface area contributed by atoms with Gasteiger partial charge in [-0.1, -0.05) is 65.0 Å². The predicted molar refractivity (Wildman–Crippen MR) is 345 cm³/mol. The van der Waals surface area contributed by atoms with Gasteiger partial charge in [0, 0.05) is 88.2 Å². The molecule has 4 rings (SSSR count). The molecule has 0 spiro atoms. The van der Waals surface area contributed by atoms with Crippen LogP contribution in [0.5, 0.6) is 0 Å². The van der Waals surface area contributed by atoms with Crippen molar-refractivity contribution in [3.05, 3.63) is 89.9 Å². The Morgan fingerprint density at radius 2 is 1.19 bits per heavy atom. The second-order valence-corrected chi connectivity index (χ2v) is 24.1. The number of aliphatic hydroxyl groups is 1. The summed E-state index contributed by atoms with van der Waals surface area (Å²) in [4.78, 5) is 106. The molecule has 0 fully saturated rings. The molecule has 3 atom stereocenters. The molecule has 97 heavy (non-hydrogen) atoms. The van der Waals surface area contributed by atoms with Crippen LogP contribution in [0.4, 0.5) is 22.0 Å². The highest BCUT2D eigenvalue weighted by atomic mass is 19.4. The average Bonchev–Trinajstić information content (AvgIpc) is 1.66. The number of amides is 4. The van der Waals surface area contributed by atoms with E-state index in [4.69, 9.17) is 58.5 Å². The molecule has 0 saturated heterocycles. The fourth-order valence-corrected chi connectivity index (χ4v) is 9.89. The number of nitrogens with two attached hydrogens (primary N) is 1. The molecule has 544 valence electrons. The van der Waals surface area contributed by atoms with Crippen LogP contribution in [-0.4, -0.2) is 221 Å². The van der Waals surface area contributed by atoms with Crippen molar-refractivity contribution in [3.63, 3.8) is 0 Å². The summed E-state index contributed by atoms with van der Waals surface area (Å²) < 4.78 is 108. The Labute approximate surface area is 564 Å². The number of imide groups is 1. The standard InChI is InChI=1S/C66H98F2N6O16.C2HF3O2/c1-49(2)54(45-53(77)24-29-84-31-33-86-35-37-88-39-41-90-43-42-89-40-38-87-36-34-85-32-30-83-28-13-16-52(76)23-27-73-60(79)21-22-61(73)80)65(82)71-57(17-9-11-25-69)59(78)18-10-12-26-74(62(81)48-75)63(66(3,4)5)64-70-58(55-44-51(67)19-20-56(55)68)47-72(64)46-50-14-7-6-8-15-50;3-2(4,5)1(6)7/h6-8,14-15,19-22,44,47,49,54,57,63,75H,9-13,16-18,23-43,45-46,48,69H2,1-5H3,(H,71,82);(H,6,7)/t54-,57-,63-;/m0./s1. The van der Waals surface area contributed by atoms with Crippen molar-refractivity contribution in [2.75, 3.05) is 132 Å². The number of alkyl halides is 3. The van der Waals surface area contributed by atoms with E-state index in [0.717, 1.165) is 28.7 Å². The molecule has 29 heteroatoms. The van der Waals surface area contributed by atoms with Crippen molar-refractivity contribution in [3.8, 4) is 11.3 Å². The van der Waals surface area contributed by atoms with Crippen LogP contribution in [0.3, 0.4) is 0 Å². The van der Waals surface area contributed by atoms with Gasteiger partial charge in [-0.25, -0.2) is 18.6 Å². The highest BCUT2D eigenvalue weighted by Crippen LogP contribution is 2.40. The molecule has 0 unspecified atom stereocenters. The third kappa shape index (κ3) is 34.5. The van der Waals surface area contributed by atoms with Gasteiger partial charge in [0.05, 0.1) is 117 Å². The number of carbonyl (C=O) groups is 8. The zero-order valence-electron chi connectivity index (χ0n) is 56.5. The number of rotatable bonds is 52. The second-order valence-electron chi connectivity index (χ2n) is 24.1. The molecule has 0 aliphatic carbocycles. The summed E-state index contributed by atoms with van der Waals surface area (Å²) in [5.41, 5.74) is 6.17. The number of unbranched alkanes of at least 4 members (excludes halogenated alkanes) is 2. The minimum absolute atomic E-state index is 0.0212. The zero-order chi connectivity index (χ0) is 71.6. The van der Waals surface area contributed by atoms with Gasteiger partial charge in [-0.15, -0.1) is 0 Å². The number of Topliss-reactive ketones (excluding diaryl/α,β-unsaturated/α-hetero) is 3. The van der Waals surface area contributed by atoms with Crippen molar-refractivity contribution in [2.45, 2.75) is 130 Å². The van der Waals surface area contributed by atoms with E-state index < -0.39 is 59.7 Å². The average molecular weight is 1380 g/mol. The SMILES string of the molecule is CC(C)[C@H](CC(=O)CCOCCOCCOCCOCCOCCOCCOCCOCCCC(=O)CCN1C(=O)C=CC1=O)C(=O)N[C@@H](CCCCN)C(=O)CCCCN(C(=O)CO)[C@@H](c1nc(-c2cc(F)ccc2F)cn1Cc1ccccc1)C(C)(C)C.O=C(O)C(F)(F)F. The molecule has 1 aromatic heterocycles. The lowest BCUT2D eigenvalue weighted by Gasteiger charge is -2.40. The molecule has 5 N–H and O–H groups in total. The van der Waals surface area contributed by atoms with E-state index in [-0.39, 0.29) is 104 Å². The maximum Gasteiger partial charge on any atom is 0.490 e. The molecule has 0 bridgehead atoms. The maximum absolute atomic E-state index is 15.2. The normalized spacial score (nSPS) is 13.4. The van der Waals surface area contributed by atoms with E-state index in [0.29, 0.717) is 156 Å². The Hall–Kier alpha value is -6.80. The summed E-state index contributed by atoms with van der Waals surface area (Å²) in [5, 5.41) is 20.4. The second kappa shape index (κ2) is 47.2. The number of nitrogens with one attached hydrogen (secondary N) is 1. The zero-order valence-corrected chi connectivity index (χ0v) is 56.5. The van der Waals surface area contributed by atoms with Gasteiger partial charge >= 0.3 is 12.1 Å². The molecular formula is C68H99F5N6O18. The first kappa shape index (κ1) is 84.4. The Kier molecular flexibility index (Phi) is 41.1. The number of halogens is 5. The number of nitrogens with zero attached hydrogens (tertiary/aromatic N) is 4. The highest BCUT2D eigenvalue weighted by Gasteiger charge is 2.40. The topological polar surface area (TPSA) is 313 Å². The summed E-state index contributed by atoms with van der Waals surface area (Å²) in [6.45, 7) is 15.6. The quantitative estimate of drug-likeness (QED) is 0.0247. The van der Waals surface area contributed by atoms with Gasteiger partial charge in [-0.2, -0.15) is 13.2 Å². The Morgan fingerprint density at radius 3 is 1.68 bits per heavy atom. The number of aromatic nitrogens is 2. The first-order chi connectivity index (χ1) is 46.3. The summed E-state index contributed by atoms with van der Waals surface area (Å²) in [6.07, 6.45) is 2.43. The highest BCUT2D eigenvalue weighted by molar-refractivity contribution is 6.13. The van der Waals surface area contributed by atoms with E-state index in [2.05, 4.69) is 5.32 Å². The molecule has 1 aliphatic heterocycles. The molecule has 24 nitrogen and oxygen atoms in total. The fraction of sp³-hybridized carbons (Fsp3) is 0.632. The monoisotopic (exact) mass is 1380 g/mol. The lowest BCUT2D eigenvalue weighted by atomic mass is 9.84. The first-order valence-electron chi connectivity index (χ1n) is 32.8. The molecule has 3 aromatic rings. The molecular weight excluding hydrogens is 1280 g/mol. The number of aliphatic hydroxyl groups excluding tert-OH is 1. The summed E-state index contributed by atoms with van der Waals surface area (Å²) in [6, 6.07) is 11.1. The molecule has 1 aliphatic rings. The summed E-state index contributed by atoms with van der Waals surface area (Å²) in [7, 11) is 0. The molecule has 2 heterocycles. The van der Waals surface area contributed by atoms with Gasteiger partial charge < -0.3 is 68.6 Å². The number of carboxylic acid groups (broad SMARTS) is 1. The fourth-order valence-electron chi connectivity index (χ4n) is 9.89. The van der Waals surface area contributed by atoms with E-state index >= 15 is 4.39 Å². The van der Waals surface area contributed by atoms with Crippen molar-refractivity contribution < 1.29 is 108 Å². The van der Waals surface area contributed by atoms with Crippen LogP contribution in [0.15, 0.2) is 66.9 Å². The van der Waals surface area contributed by atoms with Crippen LogP contribution in [-0.2, 0) is 82.8 Å². The number of carboxylic acids is 1. The first-order valence-corrected chi connectivity index (χ1v) is 32.8. The van der Waals surface area contributed by atoms with Gasteiger partial charge in [-0.3, -0.25) is 38.5 Å². The van der Waals surface area contributed by atoms with Crippen molar-refractivity contribution >= 4 is 46.9 Å². The predicted octanol–water partition coefficient (Wildman–Crippen LogP) is 7.19. The van der Waals surface area contributed by atoms with Crippen LogP contribution in [0.2, 0.25) is 0 Å². The number of ether oxygens (including phenoxy) is 8. The number of imidazole rings is 1. The number of hydrogen-bond donors (Lipinski definition) is 4. The molecule has 0 radical (unpaired) electrons.